The highest BCUT2D eigenvalue weighted by Gasteiger charge is 2.11. The summed E-state index contributed by atoms with van der Waals surface area (Å²) in [7, 11) is 1.57. The van der Waals surface area contributed by atoms with Crippen LogP contribution in [0.1, 0.15) is 136 Å². The minimum Gasteiger partial charge on any atom is -0.497 e. The first kappa shape index (κ1) is 36.6. The van der Waals surface area contributed by atoms with Gasteiger partial charge in [0.1, 0.15) is 17.2 Å². The van der Waals surface area contributed by atoms with E-state index < -0.39 is 5.97 Å². The number of ether oxygens (including phenoxy) is 3. The van der Waals surface area contributed by atoms with Gasteiger partial charge in [0.05, 0.1) is 19.3 Å². The van der Waals surface area contributed by atoms with Crippen LogP contribution in [0.3, 0.4) is 0 Å². The predicted octanol–water partition coefficient (Wildman–Crippen LogP) is 11.5. The van der Waals surface area contributed by atoms with Crippen molar-refractivity contribution < 1.29 is 23.8 Å². The van der Waals surface area contributed by atoms with Crippen molar-refractivity contribution in [3.63, 3.8) is 0 Å². The number of rotatable bonds is 24. The van der Waals surface area contributed by atoms with Gasteiger partial charge in [0, 0.05) is 5.56 Å². The molecule has 3 aromatic rings. The molecule has 0 radical (unpaired) electrons. The van der Waals surface area contributed by atoms with E-state index in [1.54, 1.807) is 61.7 Å². The molecular formula is C41H54O5. The second kappa shape index (κ2) is 22.6. The van der Waals surface area contributed by atoms with Gasteiger partial charge in [-0.2, -0.15) is 0 Å². The van der Waals surface area contributed by atoms with Crippen LogP contribution in [-0.4, -0.2) is 25.5 Å². The minimum absolute atomic E-state index is 0.175. The summed E-state index contributed by atoms with van der Waals surface area (Å²) < 4.78 is 16.5. The molecule has 0 atom stereocenters. The fourth-order valence-electron chi connectivity index (χ4n) is 5.39. The maximum Gasteiger partial charge on any atom is 0.343 e. The summed E-state index contributed by atoms with van der Waals surface area (Å²) in [4.78, 5) is 25.3. The normalized spacial score (nSPS) is 11.1. The average Bonchev–Trinajstić information content (AvgIpc) is 3.09. The first-order valence-corrected chi connectivity index (χ1v) is 17.5. The topological polar surface area (TPSA) is 61.8 Å². The van der Waals surface area contributed by atoms with E-state index in [-0.39, 0.29) is 5.78 Å². The van der Waals surface area contributed by atoms with E-state index in [2.05, 4.69) is 6.92 Å². The first-order valence-electron chi connectivity index (χ1n) is 17.5. The zero-order chi connectivity index (χ0) is 32.7. The second-order valence-electron chi connectivity index (χ2n) is 12.1. The third-order valence-electron chi connectivity index (χ3n) is 8.23. The molecule has 0 spiro atoms. The zero-order valence-corrected chi connectivity index (χ0v) is 28.1. The molecule has 0 aliphatic rings. The molecule has 248 valence electrons. The highest BCUT2D eigenvalue weighted by atomic mass is 16.5. The Bertz CT molecular complexity index is 1290. The van der Waals surface area contributed by atoms with Gasteiger partial charge in [-0.1, -0.05) is 134 Å². The first-order chi connectivity index (χ1) is 22.6. The molecule has 0 amide bonds. The third-order valence-corrected chi connectivity index (χ3v) is 8.23. The Hall–Kier alpha value is -3.86. The lowest BCUT2D eigenvalue weighted by atomic mass is 10.0. The lowest BCUT2D eigenvalue weighted by molar-refractivity contribution is 0.0733. The molecular weight excluding hydrogens is 572 g/mol. The van der Waals surface area contributed by atoms with Gasteiger partial charge in [-0.05, 0) is 66.6 Å². The molecule has 0 aliphatic heterocycles. The summed E-state index contributed by atoms with van der Waals surface area (Å²) in [5, 5.41) is 0. The number of hydrogen-bond acceptors (Lipinski definition) is 5. The van der Waals surface area contributed by atoms with Gasteiger partial charge in [-0.15, -0.1) is 0 Å². The van der Waals surface area contributed by atoms with Crippen LogP contribution in [0.4, 0.5) is 0 Å². The highest BCUT2D eigenvalue weighted by Crippen LogP contribution is 2.19. The molecule has 46 heavy (non-hydrogen) atoms. The standard InChI is InChI=1S/C41H54O5/c1-3-4-5-6-7-8-9-10-11-12-13-14-15-16-17-18-32-45-38-27-22-34(23-28-38)24-31-40(42)36-20-19-21-39(33-36)46-41(43)35-25-29-37(44-2)30-26-35/h19-31,33H,3-18,32H2,1-2H3/b31-24+. The van der Waals surface area contributed by atoms with Crippen molar-refractivity contribution in [3.05, 3.63) is 95.6 Å². The van der Waals surface area contributed by atoms with Crippen LogP contribution in [0.5, 0.6) is 17.2 Å². The van der Waals surface area contributed by atoms with Crippen LogP contribution < -0.4 is 14.2 Å². The van der Waals surface area contributed by atoms with Crippen molar-refractivity contribution in [2.24, 2.45) is 0 Å². The minimum atomic E-state index is -0.500. The summed E-state index contributed by atoms with van der Waals surface area (Å²) in [5.41, 5.74) is 1.75. The van der Waals surface area contributed by atoms with E-state index in [1.807, 2.05) is 24.3 Å². The largest absolute Gasteiger partial charge is 0.497 e. The molecule has 0 unspecified atom stereocenters. The summed E-state index contributed by atoms with van der Waals surface area (Å²) in [6, 6.07) is 21.1. The van der Waals surface area contributed by atoms with E-state index in [9.17, 15) is 9.59 Å². The summed E-state index contributed by atoms with van der Waals surface area (Å²) >= 11 is 0. The van der Waals surface area contributed by atoms with Crippen molar-refractivity contribution in [1.82, 2.24) is 0 Å². The SMILES string of the molecule is CCCCCCCCCCCCCCCCCCOc1ccc(/C=C/C(=O)c2cccc(OC(=O)c3ccc(OC)cc3)c2)cc1. The highest BCUT2D eigenvalue weighted by molar-refractivity contribution is 6.07. The molecule has 5 nitrogen and oxygen atoms in total. The zero-order valence-electron chi connectivity index (χ0n) is 28.1. The monoisotopic (exact) mass is 626 g/mol. The number of allylic oxidation sites excluding steroid dienone is 1. The molecule has 5 heteroatoms. The van der Waals surface area contributed by atoms with Crippen molar-refractivity contribution in [2.75, 3.05) is 13.7 Å². The molecule has 0 saturated heterocycles. The molecule has 0 heterocycles. The Morgan fingerprint density at radius 3 is 1.70 bits per heavy atom. The van der Waals surface area contributed by atoms with E-state index >= 15 is 0 Å². The molecule has 0 aromatic heterocycles. The summed E-state index contributed by atoms with van der Waals surface area (Å²) in [6.45, 7) is 3.01. The Morgan fingerprint density at radius 2 is 1.13 bits per heavy atom. The molecule has 0 bridgehead atoms. The molecule has 0 fully saturated rings. The van der Waals surface area contributed by atoms with Gasteiger partial charge in [-0.3, -0.25) is 4.79 Å². The smallest absolute Gasteiger partial charge is 0.343 e. The Kier molecular flexibility index (Phi) is 18.0. The van der Waals surface area contributed by atoms with Gasteiger partial charge in [0.25, 0.3) is 0 Å². The van der Waals surface area contributed by atoms with Gasteiger partial charge >= 0.3 is 5.97 Å². The number of esters is 1. The van der Waals surface area contributed by atoms with Crippen LogP contribution in [-0.2, 0) is 0 Å². The Labute approximate surface area is 277 Å². The van der Waals surface area contributed by atoms with Gasteiger partial charge in [-0.25, -0.2) is 4.79 Å². The lowest BCUT2D eigenvalue weighted by Crippen LogP contribution is -2.08. The second-order valence-corrected chi connectivity index (χ2v) is 12.1. The van der Waals surface area contributed by atoms with Crippen LogP contribution in [0.15, 0.2) is 78.9 Å². The van der Waals surface area contributed by atoms with Crippen molar-refractivity contribution >= 4 is 17.8 Å². The maximum atomic E-state index is 12.8. The van der Waals surface area contributed by atoms with Crippen LogP contribution in [0.25, 0.3) is 6.08 Å². The fourth-order valence-corrected chi connectivity index (χ4v) is 5.39. The van der Waals surface area contributed by atoms with Crippen molar-refractivity contribution in [1.29, 1.82) is 0 Å². The van der Waals surface area contributed by atoms with Crippen molar-refractivity contribution in [3.8, 4) is 17.2 Å². The van der Waals surface area contributed by atoms with Gasteiger partial charge in [0.15, 0.2) is 5.78 Å². The summed E-state index contributed by atoms with van der Waals surface area (Å²) in [6.07, 6.45) is 25.0. The molecule has 3 aromatic carbocycles. The van der Waals surface area contributed by atoms with Crippen LogP contribution in [0.2, 0.25) is 0 Å². The van der Waals surface area contributed by atoms with Gasteiger partial charge in [0.2, 0.25) is 0 Å². The molecule has 0 aliphatic carbocycles. The number of benzene rings is 3. The van der Waals surface area contributed by atoms with Crippen LogP contribution in [0, 0.1) is 0 Å². The third kappa shape index (κ3) is 14.9. The average molecular weight is 627 g/mol. The number of hydrogen-bond donors (Lipinski definition) is 0. The number of carbonyl (C=O) groups excluding carboxylic acids is 2. The number of carbonyl (C=O) groups is 2. The Balaban J connectivity index is 1.25. The van der Waals surface area contributed by atoms with E-state index in [0.29, 0.717) is 22.6 Å². The number of methoxy groups -OCH3 is 1. The van der Waals surface area contributed by atoms with Gasteiger partial charge < -0.3 is 14.2 Å². The number of ketones is 1. The van der Waals surface area contributed by atoms with E-state index in [0.717, 1.165) is 24.3 Å². The fraction of sp³-hybridized carbons (Fsp3) is 0.463. The lowest BCUT2D eigenvalue weighted by Gasteiger charge is -2.07. The molecule has 0 saturated carbocycles. The van der Waals surface area contributed by atoms with Crippen molar-refractivity contribution in [2.45, 2.75) is 110 Å². The maximum absolute atomic E-state index is 12.8. The molecule has 0 N–H and O–H groups in total. The van der Waals surface area contributed by atoms with E-state index in [1.165, 1.54) is 102 Å². The van der Waals surface area contributed by atoms with Crippen LogP contribution >= 0.6 is 0 Å². The predicted molar refractivity (Wildman–Crippen MR) is 189 cm³/mol. The summed E-state index contributed by atoms with van der Waals surface area (Å²) in [5.74, 6) is 1.14. The Morgan fingerprint density at radius 1 is 0.587 bits per heavy atom. The van der Waals surface area contributed by atoms with E-state index in [4.69, 9.17) is 14.2 Å². The number of unbranched alkanes of at least 4 members (excludes halogenated alkanes) is 15. The quantitative estimate of drug-likeness (QED) is 0.0325. The molecule has 3 rings (SSSR count).